The highest BCUT2D eigenvalue weighted by atomic mass is 19.4. The minimum atomic E-state index is -4.77. The zero-order chi connectivity index (χ0) is 17.4. The molecule has 0 aliphatic rings. The van der Waals surface area contributed by atoms with Gasteiger partial charge in [-0.05, 0) is 12.1 Å². The topological polar surface area (TPSA) is 44.1 Å². The SMILES string of the molecule is [2H]C([2H])([2H])n1cc(C(F)(F)F)nc1-c1ccc(C(=O)OC)cc1. The fraction of sp³-hybridized carbons (Fsp3) is 0.231. The first-order chi connectivity index (χ1) is 10.5. The molecule has 106 valence electrons. The lowest BCUT2D eigenvalue weighted by atomic mass is 10.1. The molecule has 2 aromatic rings. The number of imidazole rings is 1. The molecule has 0 aliphatic heterocycles. The van der Waals surface area contributed by atoms with E-state index < -0.39 is 24.8 Å². The number of nitrogens with zero attached hydrogens (tertiary/aromatic N) is 2. The molecular formula is C13H11F3N2O2. The molecule has 2 rings (SSSR count). The fourth-order valence-electron chi connectivity index (χ4n) is 1.59. The molecule has 1 aromatic carbocycles. The van der Waals surface area contributed by atoms with Crippen molar-refractivity contribution in [2.45, 2.75) is 6.18 Å². The number of carbonyl (C=O) groups excluding carboxylic acids is 1. The van der Waals surface area contributed by atoms with Crippen LogP contribution in [0.4, 0.5) is 13.2 Å². The van der Waals surface area contributed by atoms with Gasteiger partial charge in [0.2, 0.25) is 0 Å². The summed E-state index contributed by atoms with van der Waals surface area (Å²) in [6.45, 7) is -2.83. The monoisotopic (exact) mass is 287 g/mol. The molecule has 1 aromatic heterocycles. The Morgan fingerprint density at radius 3 is 2.50 bits per heavy atom. The first-order valence-electron chi connectivity index (χ1n) is 6.90. The molecule has 0 spiro atoms. The highest BCUT2D eigenvalue weighted by molar-refractivity contribution is 5.89. The summed E-state index contributed by atoms with van der Waals surface area (Å²) in [7, 11) is 1.19. The number of hydrogen-bond acceptors (Lipinski definition) is 3. The van der Waals surface area contributed by atoms with Gasteiger partial charge in [0.25, 0.3) is 0 Å². The maximum atomic E-state index is 12.8. The molecular weight excluding hydrogens is 273 g/mol. The average Bonchev–Trinajstić information content (AvgIpc) is 2.92. The number of halogens is 3. The second-order valence-corrected chi connectivity index (χ2v) is 3.89. The average molecular weight is 287 g/mol. The smallest absolute Gasteiger partial charge is 0.434 e. The Kier molecular flexibility index (Phi) is 2.61. The highest BCUT2D eigenvalue weighted by Gasteiger charge is 2.34. The predicted octanol–water partition coefficient (Wildman–Crippen LogP) is 2.89. The first-order valence-corrected chi connectivity index (χ1v) is 5.40. The normalized spacial score (nSPS) is 14.3. The van der Waals surface area contributed by atoms with Crippen LogP contribution in [0.25, 0.3) is 11.4 Å². The zero-order valence-corrected chi connectivity index (χ0v) is 10.2. The van der Waals surface area contributed by atoms with Gasteiger partial charge in [-0.15, -0.1) is 0 Å². The van der Waals surface area contributed by atoms with E-state index in [1.807, 2.05) is 0 Å². The van der Waals surface area contributed by atoms with E-state index in [2.05, 4.69) is 9.72 Å². The van der Waals surface area contributed by atoms with E-state index in [0.717, 1.165) is 0 Å². The Morgan fingerprint density at radius 1 is 1.35 bits per heavy atom. The number of benzene rings is 1. The molecule has 0 saturated heterocycles. The minimum Gasteiger partial charge on any atom is -0.465 e. The van der Waals surface area contributed by atoms with Gasteiger partial charge in [-0.1, -0.05) is 12.1 Å². The van der Waals surface area contributed by atoms with Crippen molar-refractivity contribution in [3.63, 3.8) is 0 Å². The summed E-state index contributed by atoms with van der Waals surface area (Å²) in [6.07, 6.45) is -4.33. The van der Waals surface area contributed by atoms with Crippen LogP contribution in [0.2, 0.25) is 0 Å². The van der Waals surface area contributed by atoms with E-state index in [1.165, 1.54) is 31.4 Å². The fourth-order valence-corrected chi connectivity index (χ4v) is 1.59. The van der Waals surface area contributed by atoms with Gasteiger partial charge in [0, 0.05) is 22.8 Å². The lowest BCUT2D eigenvalue weighted by molar-refractivity contribution is -0.140. The van der Waals surface area contributed by atoms with Crippen molar-refractivity contribution in [1.29, 1.82) is 0 Å². The number of methoxy groups -OCH3 is 1. The van der Waals surface area contributed by atoms with E-state index in [0.29, 0.717) is 10.8 Å². The molecule has 4 nitrogen and oxygen atoms in total. The van der Waals surface area contributed by atoms with E-state index in [9.17, 15) is 18.0 Å². The Balaban J connectivity index is 2.53. The molecule has 0 bridgehead atoms. The molecule has 20 heavy (non-hydrogen) atoms. The van der Waals surface area contributed by atoms with Crippen LogP contribution in [0.3, 0.4) is 0 Å². The molecule has 0 radical (unpaired) electrons. The van der Waals surface area contributed by atoms with Gasteiger partial charge >= 0.3 is 12.1 Å². The number of esters is 1. The zero-order valence-electron chi connectivity index (χ0n) is 13.2. The number of alkyl halides is 3. The van der Waals surface area contributed by atoms with Gasteiger partial charge in [-0.25, -0.2) is 9.78 Å². The number of aryl methyl sites for hydroxylation is 1. The summed E-state index contributed by atoms with van der Waals surface area (Å²) < 4.78 is 65.3. The van der Waals surface area contributed by atoms with Crippen LogP contribution >= 0.6 is 0 Å². The van der Waals surface area contributed by atoms with Crippen LogP contribution in [0.1, 0.15) is 20.2 Å². The van der Waals surface area contributed by atoms with Crippen molar-refractivity contribution in [1.82, 2.24) is 9.55 Å². The van der Waals surface area contributed by atoms with Gasteiger partial charge < -0.3 is 9.30 Å². The summed E-state index contributed by atoms with van der Waals surface area (Å²) >= 11 is 0. The Labute approximate surface area is 117 Å². The van der Waals surface area contributed by atoms with E-state index in [4.69, 9.17) is 4.11 Å². The van der Waals surface area contributed by atoms with Gasteiger partial charge in [0.15, 0.2) is 5.69 Å². The van der Waals surface area contributed by atoms with E-state index in [1.54, 1.807) is 0 Å². The molecule has 1 heterocycles. The summed E-state index contributed by atoms with van der Waals surface area (Å²) in [5, 5.41) is 0. The quantitative estimate of drug-likeness (QED) is 0.798. The van der Waals surface area contributed by atoms with Crippen molar-refractivity contribution >= 4 is 5.97 Å². The summed E-state index contributed by atoms with van der Waals surface area (Å²) in [5.74, 6) is -0.986. The maximum absolute atomic E-state index is 12.8. The van der Waals surface area contributed by atoms with Crippen molar-refractivity contribution in [2.24, 2.45) is 6.98 Å². The summed E-state index contributed by atoms with van der Waals surface area (Å²) in [6, 6.07) is 5.23. The van der Waals surface area contributed by atoms with Crippen LogP contribution < -0.4 is 0 Å². The van der Waals surface area contributed by atoms with Crippen LogP contribution in [-0.2, 0) is 17.9 Å². The Hall–Kier alpha value is -2.31. The Morgan fingerprint density at radius 2 is 2.00 bits per heavy atom. The first kappa shape index (κ1) is 10.5. The lowest BCUT2D eigenvalue weighted by Gasteiger charge is -2.03. The van der Waals surface area contributed by atoms with E-state index >= 15 is 0 Å². The molecule has 0 N–H and O–H groups in total. The number of hydrogen-bond donors (Lipinski definition) is 0. The predicted molar refractivity (Wildman–Crippen MR) is 65.0 cm³/mol. The summed E-state index contributed by atoms with van der Waals surface area (Å²) in [5.41, 5.74) is -0.996. The van der Waals surface area contributed by atoms with Crippen LogP contribution in [-0.4, -0.2) is 22.6 Å². The number of aromatic nitrogens is 2. The number of rotatable bonds is 2. The standard InChI is InChI=1S/C13H11F3N2O2/c1-18-7-10(13(14,15)16)17-11(18)8-3-5-9(6-4-8)12(19)20-2/h3-7H,1-2H3/i1D3. The largest absolute Gasteiger partial charge is 0.465 e. The van der Waals surface area contributed by atoms with E-state index in [-0.39, 0.29) is 17.0 Å². The third kappa shape index (κ3) is 2.66. The number of ether oxygens (including phenoxy) is 1. The second kappa shape index (κ2) is 4.99. The molecule has 0 atom stereocenters. The molecule has 0 unspecified atom stereocenters. The van der Waals surface area contributed by atoms with Crippen LogP contribution in [0, 0.1) is 0 Å². The summed E-state index contributed by atoms with van der Waals surface area (Å²) in [4.78, 5) is 14.7. The number of carbonyl (C=O) groups is 1. The molecule has 0 aliphatic carbocycles. The lowest BCUT2D eigenvalue weighted by Crippen LogP contribution is -2.04. The van der Waals surface area contributed by atoms with Gasteiger partial charge in [-0.2, -0.15) is 13.2 Å². The molecule has 7 heteroatoms. The Bertz CT molecular complexity index is 722. The van der Waals surface area contributed by atoms with Gasteiger partial charge in [0.1, 0.15) is 5.82 Å². The molecule has 0 fully saturated rings. The second-order valence-electron chi connectivity index (χ2n) is 3.89. The van der Waals surface area contributed by atoms with Crippen LogP contribution in [0.5, 0.6) is 0 Å². The van der Waals surface area contributed by atoms with Crippen LogP contribution in [0.15, 0.2) is 30.5 Å². The minimum absolute atomic E-state index is 0.129. The third-order valence-corrected chi connectivity index (χ3v) is 2.56. The van der Waals surface area contributed by atoms with Gasteiger partial charge in [-0.3, -0.25) is 0 Å². The highest BCUT2D eigenvalue weighted by Crippen LogP contribution is 2.30. The molecule has 0 amide bonds. The van der Waals surface area contributed by atoms with Crippen molar-refractivity contribution < 1.29 is 26.8 Å². The van der Waals surface area contributed by atoms with Crippen molar-refractivity contribution in [2.75, 3.05) is 7.11 Å². The third-order valence-electron chi connectivity index (χ3n) is 2.56. The van der Waals surface area contributed by atoms with Crippen molar-refractivity contribution in [3.05, 3.63) is 41.7 Å². The molecule has 0 saturated carbocycles. The van der Waals surface area contributed by atoms with Gasteiger partial charge in [0.05, 0.1) is 12.7 Å². The maximum Gasteiger partial charge on any atom is 0.434 e. The van der Waals surface area contributed by atoms with Crippen molar-refractivity contribution in [3.8, 4) is 11.4 Å².